The number of carbonyl (C=O) groups is 2. The molecule has 0 radical (unpaired) electrons. The van der Waals surface area contributed by atoms with Crippen LogP contribution in [0.3, 0.4) is 0 Å². The van der Waals surface area contributed by atoms with Crippen LogP contribution in [0.25, 0.3) is 0 Å². The van der Waals surface area contributed by atoms with Crippen LogP contribution in [0.15, 0.2) is 18.2 Å². The zero-order chi connectivity index (χ0) is 14.0. The molecule has 4 nitrogen and oxygen atoms in total. The van der Waals surface area contributed by atoms with Crippen LogP contribution < -0.4 is 0 Å². The largest absolute Gasteiger partial charge is 0.481 e. The van der Waals surface area contributed by atoms with Crippen LogP contribution in [0.1, 0.15) is 28.8 Å². The number of nitrogens with zero attached hydrogens (tertiary/aromatic N) is 1. The van der Waals surface area contributed by atoms with Gasteiger partial charge in [0, 0.05) is 13.1 Å². The fourth-order valence-electron chi connectivity index (χ4n) is 2.31. The lowest BCUT2D eigenvalue weighted by molar-refractivity contribution is -0.143. The van der Waals surface area contributed by atoms with Crippen LogP contribution >= 0.6 is 11.6 Å². The average Bonchev–Trinajstić information content (AvgIpc) is 2.41. The Kier molecular flexibility index (Phi) is 4.10. The summed E-state index contributed by atoms with van der Waals surface area (Å²) in [6.07, 6.45) is 1.01. The van der Waals surface area contributed by atoms with Crippen LogP contribution in [0, 0.1) is 12.8 Å². The number of carbonyl (C=O) groups excluding carboxylic acids is 1. The standard InChI is InChI=1S/C14H16ClNO3/c1-9-3-2-4-11(12(9)15)13(17)16-7-5-10(6-8-16)14(18)19/h2-4,10H,5-8H2,1H3,(H,18,19). The molecule has 102 valence electrons. The topological polar surface area (TPSA) is 57.6 Å². The van der Waals surface area contributed by atoms with Gasteiger partial charge in [-0.1, -0.05) is 23.7 Å². The van der Waals surface area contributed by atoms with E-state index < -0.39 is 5.97 Å². The van der Waals surface area contributed by atoms with E-state index in [0.717, 1.165) is 5.56 Å². The molecule has 2 rings (SSSR count). The second kappa shape index (κ2) is 5.61. The number of halogens is 1. The predicted molar refractivity (Wildman–Crippen MR) is 72.5 cm³/mol. The van der Waals surface area contributed by atoms with Gasteiger partial charge < -0.3 is 10.0 Å². The van der Waals surface area contributed by atoms with Crippen LogP contribution in [0.4, 0.5) is 0 Å². The van der Waals surface area contributed by atoms with E-state index >= 15 is 0 Å². The van der Waals surface area contributed by atoms with Crippen molar-refractivity contribution < 1.29 is 14.7 Å². The van der Waals surface area contributed by atoms with Crippen LogP contribution in [0.5, 0.6) is 0 Å². The Balaban J connectivity index is 2.09. The van der Waals surface area contributed by atoms with Crippen LogP contribution in [-0.4, -0.2) is 35.0 Å². The number of carboxylic acids is 1. The van der Waals surface area contributed by atoms with E-state index in [9.17, 15) is 9.59 Å². The van der Waals surface area contributed by atoms with Crippen molar-refractivity contribution in [3.8, 4) is 0 Å². The third kappa shape index (κ3) is 2.89. The van der Waals surface area contributed by atoms with Crippen LogP contribution in [0.2, 0.25) is 5.02 Å². The Morgan fingerprint density at radius 3 is 2.53 bits per heavy atom. The van der Waals surface area contributed by atoms with Gasteiger partial charge in [-0.05, 0) is 31.4 Å². The fraction of sp³-hybridized carbons (Fsp3) is 0.429. The van der Waals surface area contributed by atoms with Gasteiger partial charge in [0.15, 0.2) is 0 Å². The van der Waals surface area contributed by atoms with Crippen molar-refractivity contribution >= 4 is 23.5 Å². The SMILES string of the molecule is Cc1cccc(C(=O)N2CCC(C(=O)O)CC2)c1Cl. The summed E-state index contributed by atoms with van der Waals surface area (Å²) in [4.78, 5) is 24.9. The molecule has 1 aromatic carbocycles. The highest BCUT2D eigenvalue weighted by Crippen LogP contribution is 2.24. The molecule has 19 heavy (non-hydrogen) atoms. The molecule has 0 bridgehead atoms. The molecule has 1 heterocycles. The van der Waals surface area contributed by atoms with E-state index in [2.05, 4.69) is 0 Å². The molecule has 0 aromatic heterocycles. The highest BCUT2D eigenvalue weighted by atomic mass is 35.5. The summed E-state index contributed by atoms with van der Waals surface area (Å²) in [6, 6.07) is 5.37. The number of carboxylic acid groups (broad SMARTS) is 1. The van der Waals surface area contributed by atoms with Crippen molar-refractivity contribution in [1.29, 1.82) is 0 Å². The van der Waals surface area contributed by atoms with E-state index in [-0.39, 0.29) is 11.8 Å². The quantitative estimate of drug-likeness (QED) is 0.906. The first-order valence-corrected chi connectivity index (χ1v) is 6.65. The van der Waals surface area contributed by atoms with Gasteiger partial charge in [-0.15, -0.1) is 0 Å². The van der Waals surface area contributed by atoms with Crippen molar-refractivity contribution in [1.82, 2.24) is 4.90 Å². The monoisotopic (exact) mass is 281 g/mol. The fourth-order valence-corrected chi connectivity index (χ4v) is 2.52. The van der Waals surface area contributed by atoms with Crippen molar-refractivity contribution in [2.24, 2.45) is 5.92 Å². The lowest BCUT2D eigenvalue weighted by Crippen LogP contribution is -2.40. The maximum Gasteiger partial charge on any atom is 0.306 e. The van der Waals surface area contributed by atoms with Crippen molar-refractivity contribution in [2.45, 2.75) is 19.8 Å². The summed E-state index contributed by atoms with van der Waals surface area (Å²) in [5.74, 6) is -1.23. The van der Waals surface area contributed by atoms with E-state index in [1.165, 1.54) is 0 Å². The predicted octanol–water partition coefficient (Wildman–Crippen LogP) is 2.59. The Morgan fingerprint density at radius 2 is 1.95 bits per heavy atom. The first-order valence-electron chi connectivity index (χ1n) is 6.28. The number of amides is 1. The van der Waals surface area contributed by atoms with Gasteiger partial charge in [0.1, 0.15) is 0 Å². The van der Waals surface area contributed by atoms with E-state index in [1.54, 1.807) is 17.0 Å². The maximum absolute atomic E-state index is 12.3. The van der Waals surface area contributed by atoms with Crippen molar-refractivity contribution in [3.05, 3.63) is 34.3 Å². The number of likely N-dealkylation sites (tertiary alicyclic amines) is 1. The lowest BCUT2D eigenvalue weighted by Gasteiger charge is -2.30. The molecule has 1 saturated heterocycles. The molecule has 1 aliphatic heterocycles. The van der Waals surface area contributed by atoms with E-state index in [4.69, 9.17) is 16.7 Å². The molecule has 0 aliphatic carbocycles. The van der Waals surface area contributed by atoms with E-state index in [0.29, 0.717) is 36.5 Å². The summed E-state index contributed by atoms with van der Waals surface area (Å²) in [7, 11) is 0. The molecular weight excluding hydrogens is 266 g/mol. The molecular formula is C14H16ClNO3. The number of hydrogen-bond acceptors (Lipinski definition) is 2. The minimum atomic E-state index is -0.777. The summed E-state index contributed by atoms with van der Waals surface area (Å²) < 4.78 is 0. The maximum atomic E-state index is 12.3. The molecule has 5 heteroatoms. The first-order chi connectivity index (χ1) is 9.00. The summed E-state index contributed by atoms with van der Waals surface area (Å²) in [5.41, 5.74) is 1.36. The lowest BCUT2D eigenvalue weighted by atomic mass is 9.96. The second-order valence-electron chi connectivity index (χ2n) is 4.84. The van der Waals surface area contributed by atoms with Gasteiger partial charge in [0.25, 0.3) is 5.91 Å². The van der Waals surface area contributed by atoms with Gasteiger partial charge >= 0.3 is 5.97 Å². The molecule has 1 amide bonds. The Morgan fingerprint density at radius 1 is 1.32 bits per heavy atom. The summed E-state index contributed by atoms with van der Waals surface area (Å²) in [5, 5.41) is 9.42. The van der Waals surface area contributed by atoms with E-state index in [1.807, 2.05) is 13.0 Å². The zero-order valence-electron chi connectivity index (χ0n) is 10.7. The molecule has 0 spiro atoms. The van der Waals surface area contributed by atoms with Gasteiger partial charge in [-0.25, -0.2) is 0 Å². The highest BCUT2D eigenvalue weighted by Gasteiger charge is 2.28. The number of aryl methyl sites for hydroxylation is 1. The van der Waals surface area contributed by atoms with Gasteiger partial charge in [0.2, 0.25) is 0 Å². The molecule has 1 fully saturated rings. The number of aliphatic carboxylic acids is 1. The molecule has 1 aliphatic rings. The van der Waals surface area contributed by atoms with Gasteiger partial charge in [-0.3, -0.25) is 9.59 Å². The molecule has 1 N–H and O–H groups in total. The molecule has 0 unspecified atom stereocenters. The van der Waals surface area contributed by atoms with Gasteiger partial charge in [-0.2, -0.15) is 0 Å². The Hall–Kier alpha value is -1.55. The number of hydrogen-bond donors (Lipinski definition) is 1. The third-order valence-corrected chi connectivity index (χ3v) is 4.06. The highest BCUT2D eigenvalue weighted by molar-refractivity contribution is 6.34. The number of piperidine rings is 1. The van der Waals surface area contributed by atoms with Crippen LogP contribution in [-0.2, 0) is 4.79 Å². The minimum absolute atomic E-state index is 0.113. The molecule has 0 saturated carbocycles. The number of rotatable bonds is 2. The summed E-state index contributed by atoms with van der Waals surface area (Å²) >= 11 is 6.14. The molecule has 1 aromatic rings. The number of benzene rings is 1. The first kappa shape index (κ1) is 13.9. The molecule has 0 atom stereocenters. The van der Waals surface area contributed by atoms with Crippen molar-refractivity contribution in [2.75, 3.05) is 13.1 Å². The third-order valence-electron chi connectivity index (χ3n) is 3.55. The normalized spacial score (nSPS) is 16.4. The smallest absolute Gasteiger partial charge is 0.306 e. The average molecular weight is 282 g/mol. The zero-order valence-corrected chi connectivity index (χ0v) is 11.5. The Bertz CT molecular complexity index is 507. The Labute approximate surface area is 117 Å². The minimum Gasteiger partial charge on any atom is -0.481 e. The van der Waals surface area contributed by atoms with Gasteiger partial charge in [0.05, 0.1) is 16.5 Å². The van der Waals surface area contributed by atoms with Crippen molar-refractivity contribution in [3.63, 3.8) is 0 Å². The summed E-state index contributed by atoms with van der Waals surface area (Å²) in [6.45, 7) is 2.80. The second-order valence-corrected chi connectivity index (χ2v) is 5.22.